The van der Waals surface area contributed by atoms with E-state index in [4.69, 9.17) is 5.73 Å². The number of nitrogens with zero attached hydrogens (tertiary/aromatic N) is 3. The Morgan fingerprint density at radius 1 is 1.39 bits per heavy atom. The Hall–Kier alpha value is -1.16. The quantitative estimate of drug-likeness (QED) is 0.885. The van der Waals surface area contributed by atoms with Gasteiger partial charge in [-0.15, -0.1) is 0 Å². The summed E-state index contributed by atoms with van der Waals surface area (Å²) in [6, 6.07) is 2.69. The van der Waals surface area contributed by atoms with Gasteiger partial charge in [-0.1, -0.05) is 13.3 Å². The van der Waals surface area contributed by atoms with Crippen molar-refractivity contribution in [3.63, 3.8) is 0 Å². The molecule has 1 fully saturated rings. The maximum absolute atomic E-state index is 5.81. The van der Waals surface area contributed by atoms with Crippen molar-refractivity contribution in [3.8, 4) is 0 Å². The third kappa shape index (κ3) is 2.99. The van der Waals surface area contributed by atoms with Crippen molar-refractivity contribution in [1.29, 1.82) is 0 Å². The molecule has 1 aliphatic heterocycles. The van der Waals surface area contributed by atoms with E-state index < -0.39 is 0 Å². The Balaban J connectivity index is 2.15. The van der Waals surface area contributed by atoms with Crippen LogP contribution in [-0.2, 0) is 6.42 Å². The van der Waals surface area contributed by atoms with Crippen molar-refractivity contribution < 1.29 is 0 Å². The molecule has 2 rings (SSSR count). The van der Waals surface area contributed by atoms with Gasteiger partial charge in [0.25, 0.3) is 0 Å². The number of nitrogens with two attached hydrogens (primary N) is 1. The molecular weight excluding hydrogens is 224 g/mol. The zero-order valence-electron chi connectivity index (χ0n) is 11.5. The largest absolute Gasteiger partial charge is 0.353 e. The molecule has 0 saturated carbocycles. The lowest BCUT2D eigenvalue weighted by atomic mass is 9.93. The summed E-state index contributed by atoms with van der Waals surface area (Å²) < 4.78 is 0. The Morgan fingerprint density at radius 3 is 2.94 bits per heavy atom. The van der Waals surface area contributed by atoms with Crippen molar-refractivity contribution in [2.45, 2.75) is 45.6 Å². The molecule has 1 saturated heterocycles. The van der Waals surface area contributed by atoms with E-state index in [0.29, 0.717) is 12.0 Å². The highest BCUT2D eigenvalue weighted by Gasteiger charge is 2.25. The van der Waals surface area contributed by atoms with Crippen molar-refractivity contribution in [1.82, 2.24) is 9.97 Å². The monoisotopic (exact) mass is 248 g/mol. The van der Waals surface area contributed by atoms with E-state index in [1.807, 2.05) is 0 Å². The minimum atomic E-state index is 0.553. The third-order valence-corrected chi connectivity index (χ3v) is 3.82. The molecule has 4 heteroatoms. The van der Waals surface area contributed by atoms with E-state index in [1.54, 1.807) is 6.33 Å². The number of piperidine rings is 1. The van der Waals surface area contributed by atoms with Crippen molar-refractivity contribution in [2.75, 3.05) is 18.0 Å². The van der Waals surface area contributed by atoms with Gasteiger partial charge >= 0.3 is 0 Å². The van der Waals surface area contributed by atoms with Crippen LogP contribution in [0.3, 0.4) is 0 Å². The summed E-state index contributed by atoms with van der Waals surface area (Å²) in [5.41, 5.74) is 6.95. The maximum atomic E-state index is 5.81. The van der Waals surface area contributed by atoms with E-state index in [-0.39, 0.29) is 0 Å². The van der Waals surface area contributed by atoms with E-state index in [2.05, 4.69) is 34.8 Å². The van der Waals surface area contributed by atoms with Crippen LogP contribution in [0.1, 0.15) is 38.8 Å². The van der Waals surface area contributed by atoms with Gasteiger partial charge in [-0.05, 0) is 38.6 Å². The fraction of sp³-hybridized carbons (Fsp3) is 0.714. The molecule has 0 radical (unpaired) electrons. The fourth-order valence-electron chi connectivity index (χ4n) is 2.63. The third-order valence-electron chi connectivity index (χ3n) is 3.82. The normalized spacial score (nSPS) is 24.3. The van der Waals surface area contributed by atoms with Crippen LogP contribution in [0.25, 0.3) is 0 Å². The molecule has 1 aromatic heterocycles. The van der Waals surface area contributed by atoms with Gasteiger partial charge in [0, 0.05) is 24.3 Å². The number of rotatable bonds is 4. The van der Waals surface area contributed by atoms with Gasteiger partial charge in [0.1, 0.15) is 12.1 Å². The number of anilines is 1. The summed E-state index contributed by atoms with van der Waals surface area (Å²) >= 11 is 0. The molecule has 0 amide bonds. The van der Waals surface area contributed by atoms with Gasteiger partial charge in [0.2, 0.25) is 0 Å². The lowest BCUT2D eigenvalue weighted by molar-refractivity contribution is 0.371. The number of hydrogen-bond donors (Lipinski definition) is 1. The van der Waals surface area contributed by atoms with Gasteiger partial charge in [-0.2, -0.15) is 0 Å². The minimum Gasteiger partial charge on any atom is -0.353 e. The molecule has 0 spiro atoms. The first-order valence-corrected chi connectivity index (χ1v) is 7.02. The van der Waals surface area contributed by atoms with Crippen LogP contribution in [0.4, 0.5) is 5.82 Å². The van der Waals surface area contributed by atoms with Crippen LogP contribution in [0.5, 0.6) is 0 Å². The number of aromatic nitrogens is 2. The molecule has 2 N–H and O–H groups in total. The molecule has 100 valence electrons. The van der Waals surface area contributed by atoms with E-state index in [9.17, 15) is 0 Å². The molecular formula is C14H24N4. The van der Waals surface area contributed by atoms with Crippen LogP contribution in [-0.4, -0.2) is 29.1 Å². The zero-order chi connectivity index (χ0) is 13.0. The van der Waals surface area contributed by atoms with Crippen molar-refractivity contribution >= 4 is 5.82 Å². The Kier molecular flexibility index (Phi) is 4.53. The van der Waals surface area contributed by atoms with Gasteiger partial charge in [-0.25, -0.2) is 9.97 Å². The van der Waals surface area contributed by atoms with E-state index in [0.717, 1.165) is 37.4 Å². The molecule has 0 aromatic carbocycles. The summed E-state index contributed by atoms with van der Waals surface area (Å²) in [5.74, 6) is 1.67. The maximum Gasteiger partial charge on any atom is 0.132 e. The smallest absolute Gasteiger partial charge is 0.132 e. The van der Waals surface area contributed by atoms with Crippen molar-refractivity contribution in [3.05, 3.63) is 18.1 Å². The fourth-order valence-corrected chi connectivity index (χ4v) is 2.63. The highest BCUT2D eigenvalue weighted by molar-refractivity contribution is 5.40. The summed E-state index contributed by atoms with van der Waals surface area (Å²) in [5, 5.41) is 0. The molecule has 4 nitrogen and oxygen atoms in total. The second-order valence-electron chi connectivity index (χ2n) is 5.30. The first kappa shape index (κ1) is 13.3. The summed E-state index contributed by atoms with van der Waals surface area (Å²) in [7, 11) is 0. The Labute approximate surface area is 110 Å². The first-order chi connectivity index (χ1) is 8.74. The van der Waals surface area contributed by atoms with Crippen LogP contribution >= 0.6 is 0 Å². The molecule has 1 aromatic rings. The summed E-state index contributed by atoms with van der Waals surface area (Å²) in [6.07, 6.45) is 6.28. The summed E-state index contributed by atoms with van der Waals surface area (Å²) in [4.78, 5) is 11.2. The molecule has 2 unspecified atom stereocenters. The van der Waals surface area contributed by atoms with E-state index in [1.165, 1.54) is 12.8 Å². The number of hydrogen-bond acceptors (Lipinski definition) is 4. The van der Waals surface area contributed by atoms with Crippen LogP contribution in [0.15, 0.2) is 12.4 Å². The standard InChI is InChI=1S/C14H24N4/c1-3-4-13-7-14(17-10-16-13)18-9-12(8-15)6-5-11(18)2/h7,10-12H,3-6,8-9,15H2,1-2H3. The topological polar surface area (TPSA) is 55.0 Å². The van der Waals surface area contributed by atoms with E-state index >= 15 is 0 Å². The van der Waals surface area contributed by atoms with Gasteiger partial charge < -0.3 is 10.6 Å². The average molecular weight is 248 g/mol. The second-order valence-corrected chi connectivity index (χ2v) is 5.30. The summed E-state index contributed by atoms with van der Waals surface area (Å²) in [6.45, 7) is 6.25. The molecule has 0 bridgehead atoms. The highest BCUT2D eigenvalue weighted by Crippen LogP contribution is 2.26. The molecule has 2 atom stereocenters. The minimum absolute atomic E-state index is 0.553. The predicted octanol–water partition coefficient (Wildman–Crippen LogP) is 1.99. The van der Waals surface area contributed by atoms with Gasteiger partial charge in [0.05, 0.1) is 0 Å². The van der Waals surface area contributed by atoms with Gasteiger partial charge in [0.15, 0.2) is 0 Å². The molecule has 0 aliphatic carbocycles. The zero-order valence-corrected chi connectivity index (χ0v) is 11.5. The van der Waals surface area contributed by atoms with Crippen LogP contribution < -0.4 is 10.6 Å². The Bertz CT molecular complexity index is 380. The second kappa shape index (κ2) is 6.14. The van der Waals surface area contributed by atoms with Crippen LogP contribution in [0, 0.1) is 5.92 Å². The van der Waals surface area contributed by atoms with Gasteiger partial charge in [-0.3, -0.25) is 0 Å². The van der Waals surface area contributed by atoms with Crippen LogP contribution in [0.2, 0.25) is 0 Å². The number of aryl methyl sites for hydroxylation is 1. The van der Waals surface area contributed by atoms with Crippen molar-refractivity contribution in [2.24, 2.45) is 11.7 Å². The molecule has 2 heterocycles. The first-order valence-electron chi connectivity index (χ1n) is 7.02. The SMILES string of the molecule is CCCc1cc(N2CC(CN)CCC2C)ncn1. The lowest BCUT2D eigenvalue weighted by Crippen LogP contribution is -2.44. The molecule has 18 heavy (non-hydrogen) atoms. The lowest BCUT2D eigenvalue weighted by Gasteiger charge is -2.38. The average Bonchev–Trinajstić information content (AvgIpc) is 2.40. The Morgan fingerprint density at radius 2 is 2.22 bits per heavy atom. The predicted molar refractivity (Wildman–Crippen MR) is 74.6 cm³/mol. The molecule has 1 aliphatic rings. The highest BCUT2D eigenvalue weighted by atomic mass is 15.2.